The van der Waals surface area contributed by atoms with E-state index in [1.807, 2.05) is 6.07 Å². The van der Waals surface area contributed by atoms with E-state index in [0.29, 0.717) is 13.1 Å². The monoisotopic (exact) mass is 217 g/mol. The van der Waals surface area contributed by atoms with E-state index >= 15 is 0 Å². The Bertz CT molecular complexity index is 402. The summed E-state index contributed by atoms with van der Waals surface area (Å²) in [6.07, 6.45) is 4.15. The summed E-state index contributed by atoms with van der Waals surface area (Å²) in [7, 11) is 0. The molecule has 0 atom stereocenters. The Morgan fingerprint density at radius 2 is 1.88 bits per heavy atom. The molecule has 0 N–H and O–H groups in total. The summed E-state index contributed by atoms with van der Waals surface area (Å²) in [4.78, 5) is 22.2. The lowest BCUT2D eigenvalue weighted by Crippen LogP contribution is -2.45. The van der Waals surface area contributed by atoms with E-state index in [0.717, 1.165) is 25.2 Å². The first kappa shape index (κ1) is 10.4. The van der Waals surface area contributed by atoms with Gasteiger partial charge in [0.15, 0.2) is 0 Å². The summed E-state index contributed by atoms with van der Waals surface area (Å²) in [6, 6.07) is 1.88. The van der Waals surface area contributed by atoms with E-state index < -0.39 is 0 Å². The van der Waals surface area contributed by atoms with Gasteiger partial charge in [-0.3, -0.25) is 4.79 Å². The summed E-state index contributed by atoms with van der Waals surface area (Å²) >= 11 is 0. The molecule has 1 fully saturated rings. The Balaban J connectivity index is 2.03. The predicted molar refractivity (Wildman–Crippen MR) is 56.6 cm³/mol. The molecular weight excluding hydrogens is 206 g/mol. The number of carbonyl (C=O) groups excluding carboxylic acids is 1. The van der Waals surface area contributed by atoms with Crippen molar-refractivity contribution in [2.75, 3.05) is 31.1 Å². The third-order valence-electron chi connectivity index (χ3n) is 2.57. The number of aromatic nitrogens is 2. The zero-order valence-corrected chi connectivity index (χ0v) is 8.70. The molecule has 6 nitrogen and oxygen atoms in total. The second kappa shape index (κ2) is 4.57. The largest absolute Gasteiger partial charge is 0.365 e. The summed E-state index contributed by atoms with van der Waals surface area (Å²) in [5.41, 5.74) is 0.893. The minimum absolute atomic E-state index is 0.176. The first-order valence-electron chi connectivity index (χ1n) is 5.00. The average molecular weight is 217 g/mol. The van der Waals surface area contributed by atoms with Crippen LogP contribution in [-0.2, 0) is 4.79 Å². The van der Waals surface area contributed by atoms with Crippen molar-refractivity contribution in [2.45, 2.75) is 0 Å². The molecule has 1 aliphatic heterocycles. The quantitative estimate of drug-likeness (QED) is 0.632. The van der Waals surface area contributed by atoms with Gasteiger partial charge in [0.1, 0.15) is 6.07 Å². The molecule has 0 aliphatic carbocycles. The molecular formula is C10H11N5O. The third kappa shape index (κ3) is 2.08. The zero-order chi connectivity index (χ0) is 11.4. The molecule has 0 bridgehead atoms. The third-order valence-corrected chi connectivity index (χ3v) is 2.57. The second-order valence-corrected chi connectivity index (χ2v) is 3.51. The van der Waals surface area contributed by atoms with Crippen molar-refractivity contribution < 1.29 is 4.79 Å². The van der Waals surface area contributed by atoms with Crippen LogP contribution in [0.3, 0.4) is 0 Å². The maximum absolute atomic E-state index is 10.5. The summed E-state index contributed by atoms with van der Waals surface area (Å²) in [5.74, 6) is 0.176. The van der Waals surface area contributed by atoms with Crippen LogP contribution in [0.1, 0.15) is 5.82 Å². The van der Waals surface area contributed by atoms with Crippen LogP contribution in [0.15, 0.2) is 12.4 Å². The molecule has 1 aliphatic rings. The van der Waals surface area contributed by atoms with E-state index in [4.69, 9.17) is 5.26 Å². The minimum Gasteiger partial charge on any atom is -0.365 e. The summed E-state index contributed by atoms with van der Waals surface area (Å²) < 4.78 is 0. The number of carbonyl (C=O) groups is 1. The fraction of sp³-hybridized carbons (Fsp3) is 0.400. The highest BCUT2D eigenvalue weighted by Gasteiger charge is 2.16. The highest BCUT2D eigenvalue weighted by Crippen LogP contribution is 2.13. The van der Waals surface area contributed by atoms with Gasteiger partial charge in [-0.05, 0) is 0 Å². The van der Waals surface area contributed by atoms with Crippen molar-refractivity contribution in [3.8, 4) is 6.07 Å². The Kier molecular flexibility index (Phi) is 2.96. The van der Waals surface area contributed by atoms with Crippen LogP contribution in [-0.4, -0.2) is 47.5 Å². The molecule has 2 rings (SSSR count). The van der Waals surface area contributed by atoms with Crippen molar-refractivity contribution in [1.82, 2.24) is 14.9 Å². The molecule has 0 spiro atoms. The van der Waals surface area contributed by atoms with E-state index in [-0.39, 0.29) is 5.82 Å². The lowest BCUT2D eigenvalue weighted by atomic mass is 10.3. The lowest BCUT2D eigenvalue weighted by molar-refractivity contribution is -0.118. The number of amides is 1. The van der Waals surface area contributed by atoms with E-state index in [1.165, 1.54) is 0 Å². The number of hydrogen-bond acceptors (Lipinski definition) is 5. The Labute approximate surface area is 93.1 Å². The van der Waals surface area contributed by atoms with Crippen LogP contribution in [0, 0.1) is 11.3 Å². The molecule has 1 saturated heterocycles. The van der Waals surface area contributed by atoms with Gasteiger partial charge in [0.2, 0.25) is 12.2 Å². The topological polar surface area (TPSA) is 73.1 Å². The van der Waals surface area contributed by atoms with Gasteiger partial charge >= 0.3 is 0 Å². The Morgan fingerprint density at radius 1 is 1.25 bits per heavy atom. The number of hydrogen-bond donors (Lipinski definition) is 0. The molecule has 6 heteroatoms. The first-order chi connectivity index (χ1) is 7.83. The molecule has 0 aromatic carbocycles. The zero-order valence-electron chi connectivity index (χ0n) is 8.70. The second-order valence-electron chi connectivity index (χ2n) is 3.51. The molecule has 1 amide bonds. The number of nitrogens with zero attached hydrogens (tertiary/aromatic N) is 5. The van der Waals surface area contributed by atoms with Crippen molar-refractivity contribution in [3.05, 3.63) is 18.2 Å². The first-order valence-corrected chi connectivity index (χ1v) is 5.00. The van der Waals surface area contributed by atoms with Crippen LogP contribution in [0.4, 0.5) is 5.69 Å². The number of nitriles is 1. The normalized spacial score (nSPS) is 15.7. The molecule has 2 heterocycles. The number of anilines is 1. The van der Waals surface area contributed by atoms with Crippen LogP contribution < -0.4 is 4.90 Å². The van der Waals surface area contributed by atoms with Crippen LogP contribution in [0.25, 0.3) is 0 Å². The van der Waals surface area contributed by atoms with Gasteiger partial charge in [-0.2, -0.15) is 5.26 Å². The minimum atomic E-state index is 0.176. The number of rotatable bonds is 2. The van der Waals surface area contributed by atoms with Gasteiger partial charge in [-0.25, -0.2) is 9.97 Å². The van der Waals surface area contributed by atoms with E-state index in [1.54, 1.807) is 17.3 Å². The van der Waals surface area contributed by atoms with Crippen molar-refractivity contribution in [1.29, 1.82) is 5.26 Å². The SMILES string of the molecule is N#Cc1ncc(N2CCN(C=O)CC2)cn1. The molecule has 0 radical (unpaired) electrons. The highest BCUT2D eigenvalue weighted by atomic mass is 16.1. The van der Waals surface area contributed by atoms with Crippen LogP contribution in [0.2, 0.25) is 0 Å². The van der Waals surface area contributed by atoms with Crippen molar-refractivity contribution in [2.24, 2.45) is 0 Å². The van der Waals surface area contributed by atoms with Crippen LogP contribution in [0.5, 0.6) is 0 Å². The van der Waals surface area contributed by atoms with Crippen LogP contribution >= 0.6 is 0 Å². The fourth-order valence-corrected chi connectivity index (χ4v) is 1.63. The molecule has 1 aromatic heterocycles. The van der Waals surface area contributed by atoms with E-state index in [9.17, 15) is 4.79 Å². The molecule has 0 unspecified atom stereocenters. The van der Waals surface area contributed by atoms with Gasteiger partial charge in [-0.1, -0.05) is 0 Å². The Morgan fingerprint density at radius 3 is 2.38 bits per heavy atom. The van der Waals surface area contributed by atoms with Gasteiger partial charge in [-0.15, -0.1) is 0 Å². The van der Waals surface area contributed by atoms with Crippen molar-refractivity contribution >= 4 is 12.1 Å². The molecule has 82 valence electrons. The molecule has 1 aromatic rings. The highest BCUT2D eigenvalue weighted by molar-refractivity contribution is 5.49. The Hall–Kier alpha value is -2.16. The standard InChI is InChI=1S/C10H11N5O/c11-5-10-12-6-9(7-13-10)15-3-1-14(8-16)2-4-15/h6-8H,1-4H2. The fourth-order valence-electron chi connectivity index (χ4n) is 1.63. The molecule has 0 saturated carbocycles. The lowest BCUT2D eigenvalue weighted by Gasteiger charge is -2.33. The smallest absolute Gasteiger partial charge is 0.232 e. The maximum atomic E-state index is 10.5. The maximum Gasteiger partial charge on any atom is 0.232 e. The molecule has 16 heavy (non-hydrogen) atoms. The van der Waals surface area contributed by atoms with Gasteiger partial charge in [0.25, 0.3) is 0 Å². The van der Waals surface area contributed by atoms with Crippen molar-refractivity contribution in [3.63, 3.8) is 0 Å². The number of piperazine rings is 1. The van der Waals surface area contributed by atoms with Gasteiger partial charge in [0, 0.05) is 26.2 Å². The predicted octanol–water partition coefficient (Wildman–Crippen LogP) is -0.373. The van der Waals surface area contributed by atoms with E-state index in [2.05, 4.69) is 14.9 Å². The summed E-state index contributed by atoms with van der Waals surface area (Å²) in [5, 5.41) is 8.57. The van der Waals surface area contributed by atoms with Gasteiger partial charge < -0.3 is 9.80 Å². The van der Waals surface area contributed by atoms with Gasteiger partial charge in [0.05, 0.1) is 18.1 Å². The summed E-state index contributed by atoms with van der Waals surface area (Å²) in [6.45, 7) is 2.97. The average Bonchev–Trinajstić information content (AvgIpc) is 2.39.